The van der Waals surface area contributed by atoms with Gasteiger partial charge in [-0.1, -0.05) is 47.1 Å². The average molecular weight is 809 g/mol. The minimum absolute atomic E-state index is 0.0152. The van der Waals surface area contributed by atoms with Gasteiger partial charge in [0.25, 0.3) is 0 Å². The van der Waals surface area contributed by atoms with Crippen molar-refractivity contribution in [3.8, 4) is 0 Å². The molecule has 0 spiro atoms. The van der Waals surface area contributed by atoms with E-state index in [0.29, 0.717) is 19.3 Å². The summed E-state index contributed by atoms with van der Waals surface area (Å²) in [6.07, 6.45) is -6.39. The SMILES string of the molecule is COC(=O)[C@@]1(C)CC[C@]2(C)CC[C@]3(C)C(=CC(=O)[C@@H]4[C@@]5(C)CC[C@H](O[C@@H]6O[C@H](CO)[C@@H](O[C@H]7O[C@H](CO)[C@@H](O)[C@H](O)[C@H]7O)[C@H](O)[C@H]6O)C(C)(C)[C@@H]5CC[C@]43C)[C@@H]2C1. The van der Waals surface area contributed by atoms with E-state index in [1.54, 1.807) is 0 Å². The topological polar surface area (TPSA) is 222 Å². The molecule has 14 heteroatoms. The molecular formula is C43H68O14. The molecular weight excluding hydrogens is 740 g/mol. The van der Waals surface area contributed by atoms with Crippen LogP contribution in [-0.2, 0) is 33.3 Å². The van der Waals surface area contributed by atoms with E-state index in [1.807, 2.05) is 13.0 Å². The highest BCUT2D eigenvalue weighted by molar-refractivity contribution is 5.95. The third kappa shape index (κ3) is 6.44. The van der Waals surface area contributed by atoms with Crippen LogP contribution in [0.4, 0.5) is 0 Å². The van der Waals surface area contributed by atoms with E-state index in [-0.39, 0.29) is 51.2 Å². The Morgan fingerprint density at radius 1 is 0.754 bits per heavy atom. The van der Waals surface area contributed by atoms with Crippen molar-refractivity contribution in [3.63, 3.8) is 0 Å². The molecule has 0 unspecified atom stereocenters. The maximum Gasteiger partial charge on any atom is 0.311 e. The number of fused-ring (bicyclic) bond motifs is 7. The zero-order chi connectivity index (χ0) is 41.8. The van der Waals surface area contributed by atoms with Gasteiger partial charge in [0.05, 0.1) is 31.8 Å². The molecule has 2 aliphatic heterocycles. The Hall–Kier alpha value is -1.56. The number of ketones is 1. The van der Waals surface area contributed by atoms with E-state index in [0.717, 1.165) is 38.5 Å². The molecule has 2 heterocycles. The molecule has 0 amide bonds. The minimum atomic E-state index is -1.76. The molecule has 324 valence electrons. The Labute approximate surface area is 336 Å². The van der Waals surface area contributed by atoms with Crippen molar-refractivity contribution in [1.29, 1.82) is 0 Å². The predicted octanol–water partition coefficient (Wildman–Crippen LogP) is 2.15. The number of allylic oxidation sites excluding steroid dienone is 2. The molecule has 6 fully saturated rings. The molecule has 2 saturated heterocycles. The van der Waals surface area contributed by atoms with Gasteiger partial charge in [-0.15, -0.1) is 0 Å². The van der Waals surface area contributed by atoms with Crippen LogP contribution in [0.1, 0.15) is 106 Å². The van der Waals surface area contributed by atoms with Gasteiger partial charge in [0.1, 0.15) is 48.8 Å². The molecule has 7 aliphatic rings. The quantitative estimate of drug-likeness (QED) is 0.145. The van der Waals surface area contributed by atoms with Crippen LogP contribution in [0.3, 0.4) is 0 Å². The first-order valence-corrected chi connectivity index (χ1v) is 21.1. The van der Waals surface area contributed by atoms with Gasteiger partial charge in [-0.3, -0.25) is 9.59 Å². The molecule has 0 aromatic heterocycles. The van der Waals surface area contributed by atoms with Crippen molar-refractivity contribution in [1.82, 2.24) is 0 Å². The Morgan fingerprint density at radius 3 is 2.02 bits per heavy atom. The third-order valence-corrected chi connectivity index (χ3v) is 17.5. The van der Waals surface area contributed by atoms with Crippen LogP contribution < -0.4 is 0 Å². The maximum absolute atomic E-state index is 14.9. The van der Waals surface area contributed by atoms with Crippen LogP contribution in [0.25, 0.3) is 0 Å². The first-order chi connectivity index (χ1) is 26.6. The van der Waals surface area contributed by atoms with Gasteiger partial charge in [-0.05, 0) is 110 Å². The number of carbonyl (C=O) groups is 2. The van der Waals surface area contributed by atoms with Gasteiger partial charge in [-0.2, -0.15) is 0 Å². The van der Waals surface area contributed by atoms with Crippen LogP contribution in [-0.4, -0.2) is 135 Å². The normalized spacial score (nSPS) is 53.4. The summed E-state index contributed by atoms with van der Waals surface area (Å²) in [5.41, 5.74) is -0.742. The van der Waals surface area contributed by atoms with E-state index in [4.69, 9.17) is 23.7 Å². The second kappa shape index (κ2) is 14.8. The number of rotatable bonds is 7. The van der Waals surface area contributed by atoms with Gasteiger partial charge < -0.3 is 59.4 Å². The molecule has 57 heavy (non-hydrogen) atoms. The lowest BCUT2D eigenvalue weighted by atomic mass is 9.33. The summed E-state index contributed by atoms with van der Waals surface area (Å²) in [7, 11) is 1.46. The van der Waals surface area contributed by atoms with Crippen molar-refractivity contribution in [2.75, 3.05) is 20.3 Å². The maximum atomic E-state index is 14.9. The second-order valence-electron chi connectivity index (χ2n) is 20.7. The minimum Gasteiger partial charge on any atom is -0.469 e. The molecule has 0 radical (unpaired) electrons. The smallest absolute Gasteiger partial charge is 0.311 e. The lowest BCUT2D eigenvalue weighted by Gasteiger charge is -2.70. The fraction of sp³-hybridized carbons (Fsp3) is 0.907. The van der Waals surface area contributed by atoms with Crippen molar-refractivity contribution < 1.29 is 69.0 Å². The van der Waals surface area contributed by atoms with Crippen molar-refractivity contribution in [2.24, 2.45) is 50.2 Å². The number of hydrogen-bond donors (Lipinski definition) is 7. The van der Waals surface area contributed by atoms with Crippen LogP contribution in [0.15, 0.2) is 11.6 Å². The van der Waals surface area contributed by atoms with Gasteiger partial charge in [0, 0.05) is 5.92 Å². The summed E-state index contributed by atoms with van der Waals surface area (Å²) < 4.78 is 29.1. The van der Waals surface area contributed by atoms with Gasteiger partial charge in [0.2, 0.25) is 0 Å². The molecule has 19 atom stereocenters. The largest absolute Gasteiger partial charge is 0.469 e. The summed E-state index contributed by atoms with van der Waals surface area (Å²) in [5, 5.41) is 73.5. The first-order valence-electron chi connectivity index (χ1n) is 21.1. The lowest BCUT2D eigenvalue weighted by molar-refractivity contribution is -0.368. The first kappa shape index (κ1) is 43.5. The molecule has 7 rings (SSSR count). The zero-order valence-corrected chi connectivity index (χ0v) is 34.9. The molecule has 14 nitrogen and oxygen atoms in total. The lowest BCUT2D eigenvalue weighted by Crippen LogP contribution is -2.67. The number of esters is 1. The Bertz CT molecular complexity index is 1580. The Balaban J connectivity index is 1.10. The second-order valence-corrected chi connectivity index (χ2v) is 20.7. The fourth-order valence-electron chi connectivity index (χ4n) is 13.7. The highest BCUT2D eigenvalue weighted by Crippen LogP contribution is 2.75. The number of aliphatic hydroxyl groups excluding tert-OH is 7. The highest BCUT2D eigenvalue weighted by atomic mass is 16.7. The number of ether oxygens (including phenoxy) is 5. The Kier molecular flexibility index (Phi) is 11.3. The average Bonchev–Trinajstić information content (AvgIpc) is 3.16. The highest BCUT2D eigenvalue weighted by Gasteiger charge is 2.71. The molecule has 5 aliphatic carbocycles. The van der Waals surface area contributed by atoms with Crippen LogP contribution in [0.5, 0.6) is 0 Å². The number of carbonyl (C=O) groups excluding carboxylic acids is 2. The van der Waals surface area contributed by atoms with Crippen LogP contribution in [0.2, 0.25) is 0 Å². The van der Waals surface area contributed by atoms with E-state index in [9.17, 15) is 45.3 Å². The van der Waals surface area contributed by atoms with E-state index in [1.165, 1.54) is 12.7 Å². The van der Waals surface area contributed by atoms with Gasteiger partial charge >= 0.3 is 5.97 Å². The molecule has 0 aromatic rings. The monoisotopic (exact) mass is 808 g/mol. The van der Waals surface area contributed by atoms with Crippen LogP contribution >= 0.6 is 0 Å². The summed E-state index contributed by atoms with van der Waals surface area (Å²) >= 11 is 0. The van der Waals surface area contributed by atoms with Gasteiger partial charge in [-0.25, -0.2) is 0 Å². The summed E-state index contributed by atoms with van der Waals surface area (Å²) in [6.45, 7) is 14.3. The Morgan fingerprint density at radius 2 is 1.37 bits per heavy atom. The van der Waals surface area contributed by atoms with Crippen molar-refractivity contribution in [3.05, 3.63) is 11.6 Å². The summed E-state index contributed by atoms with van der Waals surface area (Å²) in [6, 6.07) is 0. The molecule has 0 aromatic carbocycles. The number of hydrogen-bond acceptors (Lipinski definition) is 14. The summed E-state index contributed by atoms with van der Waals surface area (Å²) in [4.78, 5) is 27.9. The molecule has 0 bridgehead atoms. The van der Waals surface area contributed by atoms with E-state index < -0.39 is 91.6 Å². The summed E-state index contributed by atoms with van der Waals surface area (Å²) in [5.74, 6) is -0.0460. The van der Waals surface area contributed by atoms with E-state index >= 15 is 0 Å². The molecule has 4 saturated carbocycles. The standard InChI is InChI=1S/C43H68O14/c1-38(2)26-9-12-43(7)34(23(46)17-21-22-18-40(4,37(52)53-8)14-13-39(22,3)15-16-42(21,43)6)41(26,5)11-10-27(38)56-35-32(51)30(49)33(25(20-45)55-35)57-36-31(50)29(48)28(47)24(19-44)54-36/h17,22,24-36,44-45,47-51H,9-16,18-20H2,1-8H3/t22-,24+,25+,26-,27-,28+,29-,30+,31+,32+,33+,34+,35-,36+,39+,40-,41-,42+,43+/m0/s1. The van der Waals surface area contributed by atoms with Crippen LogP contribution in [0, 0.1) is 50.2 Å². The number of aliphatic hydroxyl groups is 7. The third-order valence-electron chi connectivity index (χ3n) is 17.5. The zero-order valence-electron chi connectivity index (χ0n) is 34.9. The molecule has 7 N–H and O–H groups in total. The van der Waals surface area contributed by atoms with Crippen molar-refractivity contribution in [2.45, 2.75) is 174 Å². The van der Waals surface area contributed by atoms with E-state index in [2.05, 4.69) is 41.5 Å². The fourth-order valence-corrected chi connectivity index (χ4v) is 13.7. The number of methoxy groups -OCH3 is 1. The van der Waals surface area contributed by atoms with Gasteiger partial charge in [0.15, 0.2) is 18.4 Å². The predicted molar refractivity (Wildman–Crippen MR) is 203 cm³/mol. The van der Waals surface area contributed by atoms with Crippen molar-refractivity contribution >= 4 is 11.8 Å².